The van der Waals surface area contributed by atoms with Crippen LogP contribution in [-0.2, 0) is 22.6 Å². The molecular weight excluding hydrogens is 441 g/mol. The molecule has 0 bridgehead atoms. The minimum Gasteiger partial charge on any atom is -0.381 e. The van der Waals surface area contributed by atoms with Crippen molar-refractivity contribution in [1.29, 1.82) is 0 Å². The number of benzene rings is 1. The molecule has 0 amide bonds. The zero-order valence-electron chi connectivity index (χ0n) is 16.5. The van der Waals surface area contributed by atoms with Gasteiger partial charge in [-0.3, -0.25) is 0 Å². The van der Waals surface area contributed by atoms with Crippen molar-refractivity contribution in [3.8, 4) is 0 Å². The molecule has 1 saturated heterocycles. The van der Waals surface area contributed by atoms with E-state index in [1.54, 1.807) is 0 Å². The predicted molar refractivity (Wildman–Crippen MR) is 118 cm³/mol. The summed E-state index contributed by atoms with van der Waals surface area (Å²) in [4.78, 5) is 7.00. The number of aliphatic imine (C=N–C) groups is 1. The lowest BCUT2D eigenvalue weighted by Gasteiger charge is -2.24. The highest BCUT2D eigenvalue weighted by Gasteiger charge is 2.18. The first-order valence-electron chi connectivity index (χ1n) is 9.35. The lowest BCUT2D eigenvalue weighted by molar-refractivity contribution is 0.0657. The minimum atomic E-state index is 0. The molecule has 0 saturated carbocycles. The summed E-state index contributed by atoms with van der Waals surface area (Å²) in [5, 5.41) is 3.39. The second-order valence-electron chi connectivity index (χ2n) is 6.96. The second kappa shape index (κ2) is 12.5. The van der Waals surface area contributed by atoms with Gasteiger partial charge in [0, 0.05) is 32.7 Å². The molecule has 1 fully saturated rings. The van der Waals surface area contributed by atoms with Crippen LogP contribution < -0.4 is 5.32 Å². The maximum absolute atomic E-state index is 5.64. The van der Waals surface area contributed by atoms with E-state index in [1.165, 1.54) is 11.1 Å². The Hall–Kier alpha value is -0.860. The molecule has 1 unspecified atom stereocenters. The van der Waals surface area contributed by atoms with Crippen LogP contribution in [0.5, 0.6) is 0 Å². The summed E-state index contributed by atoms with van der Waals surface area (Å²) in [6.45, 7) is 11.2. The van der Waals surface area contributed by atoms with Crippen LogP contribution in [0.1, 0.15) is 38.3 Å². The number of ether oxygens (including phenoxy) is 2. The van der Waals surface area contributed by atoms with Crippen LogP contribution in [-0.4, -0.2) is 50.3 Å². The normalized spacial score (nSPS) is 17.3. The Balaban J connectivity index is 0.00000338. The number of hydrogen-bond acceptors (Lipinski definition) is 3. The molecule has 26 heavy (non-hydrogen) atoms. The molecular formula is C20H34IN3O2. The summed E-state index contributed by atoms with van der Waals surface area (Å²) in [5.74, 6) is 1.57. The fourth-order valence-corrected chi connectivity index (χ4v) is 2.84. The Morgan fingerprint density at radius 2 is 2.00 bits per heavy atom. The molecule has 148 valence electrons. The quantitative estimate of drug-likeness (QED) is 0.354. The van der Waals surface area contributed by atoms with Crippen molar-refractivity contribution >= 4 is 29.9 Å². The zero-order valence-corrected chi connectivity index (χ0v) is 18.9. The van der Waals surface area contributed by atoms with E-state index in [1.807, 2.05) is 0 Å². The zero-order chi connectivity index (χ0) is 18.1. The van der Waals surface area contributed by atoms with E-state index in [0.29, 0.717) is 19.1 Å². The fourth-order valence-electron chi connectivity index (χ4n) is 2.84. The molecule has 1 aliphatic heterocycles. The highest BCUT2D eigenvalue weighted by Crippen LogP contribution is 2.13. The van der Waals surface area contributed by atoms with Gasteiger partial charge in [-0.15, -0.1) is 24.0 Å². The first-order chi connectivity index (χ1) is 12.1. The number of halogens is 1. The third kappa shape index (κ3) is 8.22. The molecule has 1 heterocycles. The number of guanidine groups is 1. The van der Waals surface area contributed by atoms with E-state index in [2.05, 4.69) is 62.3 Å². The van der Waals surface area contributed by atoms with E-state index < -0.39 is 0 Å². The van der Waals surface area contributed by atoms with E-state index >= 15 is 0 Å². The average Bonchev–Trinajstić information content (AvgIpc) is 3.10. The summed E-state index contributed by atoms with van der Waals surface area (Å²) in [6.07, 6.45) is 1.40. The van der Waals surface area contributed by atoms with Crippen LogP contribution in [0.2, 0.25) is 0 Å². The van der Waals surface area contributed by atoms with Gasteiger partial charge < -0.3 is 19.7 Å². The molecule has 0 aliphatic carbocycles. The molecule has 2 rings (SSSR count). The smallest absolute Gasteiger partial charge is 0.193 e. The number of rotatable bonds is 8. The van der Waals surface area contributed by atoms with Crippen molar-refractivity contribution in [2.24, 2.45) is 10.9 Å². The van der Waals surface area contributed by atoms with Gasteiger partial charge in [-0.05, 0) is 38.3 Å². The average molecular weight is 475 g/mol. The Morgan fingerprint density at radius 3 is 2.58 bits per heavy atom. The van der Waals surface area contributed by atoms with Gasteiger partial charge in [0.1, 0.15) is 0 Å². The van der Waals surface area contributed by atoms with E-state index in [-0.39, 0.29) is 30.1 Å². The molecule has 5 nitrogen and oxygen atoms in total. The largest absolute Gasteiger partial charge is 0.381 e. The Bertz CT molecular complexity index is 528. The number of nitrogens with one attached hydrogen (secondary N) is 1. The predicted octanol–water partition coefficient (Wildman–Crippen LogP) is 3.66. The van der Waals surface area contributed by atoms with Gasteiger partial charge in [-0.1, -0.05) is 24.3 Å². The van der Waals surface area contributed by atoms with Crippen LogP contribution in [0.25, 0.3) is 0 Å². The summed E-state index contributed by atoms with van der Waals surface area (Å²) in [7, 11) is 2.10. The summed E-state index contributed by atoms with van der Waals surface area (Å²) in [5.41, 5.74) is 2.41. The molecule has 1 aromatic rings. The van der Waals surface area contributed by atoms with Gasteiger partial charge in [-0.25, -0.2) is 4.99 Å². The second-order valence-corrected chi connectivity index (χ2v) is 6.96. The van der Waals surface area contributed by atoms with Gasteiger partial charge in [0.15, 0.2) is 5.96 Å². The van der Waals surface area contributed by atoms with Gasteiger partial charge >= 0.3 is 0 Å². The lowest BCUT2D eigenvalue weighted by atomic mass is 10.1. The molecule has 1 aromatic carbocycles. The molecule has 1 atom stereocenters. The summed E-state index contributed by atoms with van der Waals surface area (Å²) in [6, 6.07) is 8.52. The van der Waals surface area contributed by atoms with Crippen molar-refractivity contribution in [2.75, 3.05) is 33.4 Å². The maximum Gasteiger partial charge on any atom is 0.193 e. The van der Waals surface area contributed by atoms with Crippen molar-refractivity contribution in [2.45, 2.75) is 46.4 Å². The van der Waals surface area contributed by atoms with Gasteiger partial charge in [0.2, 0.25) is 0 Å². The molecule has 1 aliphatic rings. The van der Waals surface area contributed by atoms with Crippen molar-refractivity contribution < 1.29 is 9.47 Å². The Labute approximate surface area is 175 Å². The van der Waals surface area contributed by atoms with Crippen LogP contribution >= 0.6 is 24.0 Å². The van der Waals surface area contributed by atoms with Crippen LogP contribution in [0.3, 0.4) is 0 Å². The van der Waals surface area contributed by atoms with Gasteiger partial charge in [-0.2, -0.15) is 0 Å². The molecule has 1 N–H and O–H groups in total. The van der Waals surface area contributed by atoms with Crippen LogP contribution in [0, 0.1) is 5.92 Å². The third-order valence-corrected chi connectivity index (χ3v) is 4.27. The van der Waals surface area contributed by atoms with Crippen LogP contribution in [0.15, 0.2) is 29.3 Å². The number of nitrogens with zero attached hydrogens (tertiary/aromatic N) is 2. The topological polar surface area (TPSA) is 46.1 Å². The summed E-state index contributed by atoms with van der Waals surface area (Å²) >= 11 is 0. The summed E-state index contributed by atoms with van der Waals surface area (Å²) < 4.78 is 11.1. The first kappa shape index (κ1) is 23.2. The lowest BCUT2D eigenvalue weighted by Crippen LogP contribution is -2.41. The first-order valence-corrected chi connectivity index (χ1v) is 9.35. The van der Waals surface area contributed by atoms with Gasteiger partial charge in [0.25, 0.3) is 0 Å². The van der Waals surface area contributed by atoms with E-state index in [4.69, 9.17) is 14.5 Å². The maximum atomic E-state index is 5.64. The highest BCUT2D eigenvalue weighted by atomic mass is 127. The Morgan fingerprint density at radius 1 is 1.31 bits per heavy atom. The van der Waals surface area contributed by atoms with Crippen LogP contribution in [0.4, 0.5) is 0 Å². The molecule has 0 radical (unpaired) electrons. The van der Waals surface area contributed by atoms with Crippen molar-refractivity contribution in [3.63, 3.8) is 0 Å². The van der Waals surface area contributed by atoms with Crippen molar-refractivity contribution in [1.82, 2.24) is 10.2 Å². The standard InChI is InChI=1S/C20H33N3O2.HI/c1-5-21-20(23(4)13-19-10-11-24-14-19)22-12-17-6-8-18(9-7-17)15-25-16(2)3;/h6-9,16,19H,5,10-15H2,1-4H3,(H,21,22);1H. The molecule has 6 heteroatoms. The SMILES string of the molecule is CCNC(=NCc1ccc(COC(C)C)cc1)N(C)CC1CCOC1.I. The third-order valence-electron chi connectivity index (χ3n) is 4.27. The molecule has 0 aromatic heterocycles. The Kier molecular flexibility index (Phi) is 11.2. The van der Waals surface area contributed by atoms with Gasteiger partial charge in [0.05, 0.1) is 25.9 Å². The monoisotopic (exact) mass is 475 g/mol. The van der Waals surface area contributed by atoms with E-state index in [9.17, 15) is 0 Å². The molecule has 0 spiro atoms. The highest BCUT2D eigenvalue weighted by molar-refractivity contribution is 14.0. The van der Waals surface area contributed by atoms with Crippen molar-refractivity contribution in [3.05, 3.63) is 35.4 Å². The minimum absolute atomic E-state index is 0. The fraction of sp³-hybridized carbons (Fsp3) is 0.650. The number of hydrogen-bond donors (Lipinski definition) is 1. The van der Waals surface area contributed by atoms with E-state index in [0.717, 1.165) is 38.7 Å².